The molecule has 0 radical (unpaired) electrons. The first-order chi connectivity index (χ1) is 11.2. The van der Waals surface area contributed by atoms with Crippen molar-refractivity contribution in [1.29, 1.82) is 0 Å². The van der Waals surface area contributed by atoms with Gasteiger partial charge in [0.1, 0.15) is 0 Å². The molecule has 0 bridgehead atoms. The summed E-state index contributed by atoms with van der Waals surface area (Å²) in [6.07, 6.45) is 11.8. The highest BCUT2D eigenvalue weighted by Crippen LogP contribution is 2.27. The highest BCUT2D eigenvalue weighted by Gasteiger charge is 2.35. The first kappa shape index (κ1) is 16.0. The normalized spacial score (nSPS) is 25.0. The summed E-state index contributed by atoms with van der Waals surface area (Å²) in [7, 11) is 0. The van der Waals surface area contributed by atoms with Crippen molar-refractivity contribution in [2.24, 2.45) is 5.92 Å². The summed E-state index contributed by atoms with van der Waals surface area (Å²) >= 11 is 0. The average molecular weight is 315 g/mol. The maximum absolute atomic E-state index is 12.6. The quantitative estimate of drug-likeness (QED) is 0.896. The van der Waals surface area contributed by atoms with Crippen LogP contribution in [0.5, 0.6) is 0 Å². The Labute approximate surface area is 137 Å². The van der Waals surface area contributed by atoms with Crippen LogP contribution in [0.15, 0.2) is 24.5 Å². The van der Waals surface area contributed by atoms with E-state index in [0.29, 0.717) is 11.6 Å². The number of hydrogen-bond donors (Lipinski definition) is 2. The molecule has 1 aromatic rings. The van der Waals surface area contributed by atoms with Crippen LogP contribution in [0, 0.1) is 5.92 Å². The Kier molecular flexibility index (Phi) is 5.26. The van der Waals surface area contributed by atoms with Crippen LogP contribution in [0.3, 0.4) is 0 Å². The van der Waals surface area contributed by atoms with E-state index < -0.39 is 0 Å². The smallest absolute Gasteiger partial charge is 0.251 e. The van der Waals surface area contributed by atoms with Gasteiger partial charge in [-0.1, -0.05) is 25.7 Å². The van der Waals surface area contributed by atoms with Crippen LogP contribution in [-0.2, 0) is 4.79 Å². The Bertz CT molecular complexity index is 540. The summed E-state index contributed by atoms with van der Waals surface area (Å²) in [6.45, 7) is 0. The highest BCUT2D eigenvalue weighted by atomic mass is 16.2. The molecule has 5 heteroatoms. The maximum Gasteiger partial charge on any atom is 0.251 e. The first-order valence-corrected chi connectivity index (χ1v) is 8.75. The monoisotopic (exact) mass is 315 g/mol. The summed E-state index contributed by atoms with van der Waals surface area (Å²) in [6, 6.07) is 3.66. The Morgan fingerprint density at radius 3 is 2.39 bits per heavy atom. The zero-order chi connectivity index (χ0) is 16.1. The zero-order valence-corrected chi connectivity index (χ0v) is 13.5. The molecular formula is C18H25N3O2. The fourth-order valence-corrected chi connectivity index (χ4v) is 3.76. The average Bonchev–Trinajstić information content (AvgIpc) is 3.05. The van der Waals surface area contributed by atoms with Crippen LogP contribution in [0.4, 0.5) is 0 Å². The van der Waals surface area contributed by atoms with Gasteiger partial charge in [-0.25, -0.2) is 0 Å². The lowest BCUT2D eigenvalue weighted by molar-refractivity contribution is -0.126. The third-order valence-electron chi connectivity index (χ3n) is 5.06. The predicted molar refractivity (Wildman–Crippen MR) is 87.8 cm³/mol. The van der Waals surface area contributed by atoms with E-state index in [-0.39, 0.29) is 23.8 Å². The molecule has 124 valence electrons. The third-order valence-corrected chi connectivity index (χ3v) is 5.06. The number of hydrogen-bond acceptors (Lipinski definition) is 3. The second-order valence-corrected chi connectivity index (χ2v) is 6.70. The van der Waals surface area contributed by atoms with Gasteiger partial charge in [0.25, 0.3) is 5.91 Å². The number of nitrogens with zero attached hydrogens (tertiary/aromatic N) is 1. The molecular weight excluding hydrogens is 290 g/mol. The summed E-state index contributed by atoms with van der Waals surface area (Å²) in [4.78, 5) is 28.8. The second-order valence-electron chi connectivity index (χ2n) is 6.70. The molecule has 2 amide bonds. The molecule has 2 saturated carbocycles. The van der Waals surface area contributed by atoms with E-state index >= 15 is 0 Å². The van der Waals surface area contributed by atoms with Crippen molar-refractivity contribution in [1.82, 2.24) is 15.6 Å². The Morgan fingerprint density at radius 1 is 0.913 bits per heavy atom. The van der Waals surface area contributed by atoms with E-state index in [2.05, 4.69) is 15.6 Å². The molecule has 1 heterocycles. The lowest BCUT2D eigenvalue weighted by Crippen LogP contribution is -2.47. The number of nitrogens with one attached hydrogen (secondary N) is 2. The van der Waals surface area contributed by atoms with Gasteiger partial charge >= 0.3 is 0 Å². The number of aromatic nitrogens is 1. The molecule has 1 aromatic heterocycles. The standard InChI is InChI=1S/C18H25N3O2/c22-17(13-9-11-19-12-10-13)21-16-8-4-7-15(16)18(23)20-14-5-2-1-3-6-14/h9-12,14-16H,1-8H2,(H,20,23)(H,21,22)/t15-,16+/m0/s1. The van der Waals surface area contributed by atoms with Crippen molar-refractivity contribution in [3.63, 3.8) is 0 Å². The third kappa shape index (κ3) is 4.09. The lowest BCUT2D eigenvalue weighted by atomic mass is 9.94. The number of carbonyl (C=O) groups is 2. The summed E-state index contributed by atoms with van der Waals surface area (Å²) in [5.41, 5.74) is 0.596. The number of amides is 2. The molecule has 23 heavy (non-hydrogen) atoms. The molecule has 0 aromatic carbocycles. The zero-order valence-electron chi connectivity index (χ0n) is 13.5. The van der Waals surface area contributed by atoms with Crippen molar-refractivity contribution >= 4 is 11.8 Å². The minimum Gasteiger partial charge on any atom is -0.353 e. The molecule has 5 nitrogen and oxygen atoms in total. The van der Waals surface area contributed by atoms with E-state index in [9.17, 15) is 9.59 Å². The molecule has 2 fully saturated rings. The van der Waals surface area contributed by atoms with Crippen molar-refractivity contribution in [3.05, 3.63) is 30.1 Å². The van der Waals surface area contributed by atoms with Gasteiger partial charge in [0.2, 0.25) is 5.91 Å². The fourth-order valence-electron chi connectivity index (χ4n) is 3.76. The summed E-state index contributed by atoms with van der Waals surface area (Å²) in [5, 5.41) is 6.24. The number of pyridine rings is 1. The molecule has 2 aliphatic rings. The van der Waals surface area contributed by atoms with Crippen LogP contribution < -0.4 is 10.6 Å². The van der Waals surface area contributed by atoms with Gasteiger partial charge in [0.15, 0.2) is 0 Å². The van der Waals surface area contributed by atoms with Gasteiger partial charge in [-0.2, -0.15) is 0 Å². The van der Waals surface area contributed by atoms with Gasteiger partial charge in [-0.15, -0.1) is 0 Å². The largest absolute Gasteiger partial charge is 0.353 e. The minimum atomic E-state index is -0.116. The van der Waals surface area contributed by atoms with Crippen molar-refractivity contribution in [2.75, 3.05) is 0 Å². The summed E-state index contributed by atoms with van der Waals surface area (Å²) in [5.74, 6) is -0.0908. The van der Waals surface area contributed by atoms with Gasteiger partial charge < -0.3 is 10.6 Å². The molecule has 2 N–H and O–H groups in total. The Morgan fingerprint density at radius 2 is 1.65 bits per heavy atom. The van der Waals surface area contributed by atoms with E-state index in [1.807, 2.05) is 0 Å². The Hall–Kier alpha value is -1.91. The fraction of sp³-hybridized carbons (Fsp3) is 0.611. The minimum absolute atomic E-state index is 0.0562. The molecule has 2 atom stereocenters. The van der Waals surface area contributed by atoms with E-state index in [1.165, 1.54) is 19.3 Å². The molecule has 0 saturated heterocycles. The number of carbonyl (C=O) groups excluding carboxylic acids is 2. The molecule has 0 spiro atoms. The van der Waals surface area contributed by atoms with Gasteiger partial charge in [-0.3, -0.25) is 14.6 Å². The molecule has 0 aliphatic heterocycles. The van der Waals surface area contributed by atoms with Gasteiger partial charge in [-0.05, 0) is 37.8 Å². The summed E-state index contributed by atoms with van der Waals surface area (Å²) < 4.78 is 0. The topological polar surface area (TPSA) is 71.1 Å². The van der Waals surface area contributed by atoms with Crippen LogP contribution in [0.2, 0.25) is 0 Å². The van der Waals surface area contributed by atoms with Crippen LogP contribution >= 0.6 is 0 Å². The Balaban J connectivity index is 1.56. The predicted octanol–water partition coefficient (Wildman–Crippen LogP) is 2.43. The second kappa shape index (κ2) is 7.57. The lowest BCUT2D eigenvalue weighted by Gasteiger charge is -2.26. The van der Waals surface area contributed by atoms with E-state index in [0.717, 1.165) is 32.1 Å². The molecule has 2 aliphatic carbocycles. The van der Waals surface area contributed by atoms with E-state index in [4.69, 9.17) is 0 Å². The van der Waals surface area contributed by atoms with Crippen molar-refractivity contribution in [2.45, 2.75) is 63.5 Å². The van der Waals surface area contributed by atoms with Gasteiger partial charge in [0, 0.05) is 30.0 Å². The van der Waals surface area contributed by atoms with Gasteiger partial charge in [0.05, 0.1) is 5.92 Å². The SMILES string of the molecule is O=C(N[C@@H]1CCC[C@@H]1C(=O)NC1CCCCC1)c1ccncc1. The van der Waals surface area contributed by atoms with Crippen LogP contribution in [0.25, 0.3) is 0 Å². The van der Waals surface area contributed by atoms with Crippen molar-refractivity contribution < 1.29 is 9.59 Å². The van der Waals surface area contributed by atoms with Crippen LogP contribution in [0.1, 0.15) is 61.7 Å². The maximum atomic E-state index is 12.6. The molecule has 0 unspecified atom stereocenters. The molecule has 3 rings (SSSR count). The number of rotatable bonds is 4. The first-order valence-electron chi connectivity index (χ1n) is 8.75. The van der Waals surface area contributed by atoms with E-state index in [1.54, 1.807) is 24.5 Å². The van der Waals surface area contributed by atoms with Crippen LogP contribution in [-0.4, -0.2) is 28.9 Å². The van der Waals surface area contributed by atoms with Crippen molar-refractivity contribution in [3.8, 4) is 0 Å². The highest BCUT2D eigenvalue weighted by molar-refractivity contribution is 5.94.